The average molecular weight is 346 g/mol. The van der Waals surface area contributed by atoms with Crippen LogP contribution in [0, 0.1) is 11.8 Å². The summed E-state index contributed by atoms with van der Waals surface area (Å²) in [6.45, 7) is 10.7. The normalized spacial score (nSPS) is 11.0. The van der Waals surface area contributed by atoms with Crippen LogP contribution >= 0.6 is 0 Å². The summed E-state index contributed by atoms with van der Waals surface area (Å²) in [6, 6.07) is 0. The molecule has 0 aromatic heterocycles. The predicted molar refractivity (Wildman–Crippen MR) is 93.4 cm³/mol. The maximum atomic E-state index is 11.4. The molecule has 0 aliphatic rings. The summed E-state index contributed by atoms with van der Waals surface area (Å²) in [7, 11) is 0. The van der Waals surface area contributed by atoms with Crippen LogP contribution in [0.15, 0.2) is 0 Å². The maximum Gasteiger partial charge on any atom is 0.407 e. The number of carbonyl (C=O) groups excluding carboxylic acids is 2. The lowest BCUT2D eigenvalue weighted by Gasteiger charge is -2.16. The van der Waals surface area contributed by atoms with E-state index in [0.717, 1.165) is 12.8 Å². The summed E-state index contributed by atoms with van der Waals surface area (Å²) in [5.41, 5.74) is 0. The van der Waals surface area contributed by atoms with Crippen molar-refractivity contribution in [3.63, 3.8) is 0 Å². The number of carbonyl (C=O) groups is 2. The topological polar surface area (TPSA) is 106 Å². The van der Waals surface area contributed by atoms with Gasteiger partial charge in [-0.2, -0.15) is 0 Å². The van der Waals surface area contributed by atoms with E-state index in [4.69, 9.17) is 15.3 Å². The highest BCUT2D eigenvalue weighted by Gasteiger charge is 2.06. The van der Waals surface area contributed by atoms with Crippen molar-refractivity contribution in [1.82, 2.24) is 15.6 Å². The van der Waals surface area contributed by atoms with Crippen molar-refractivity contribution in [2.45, 2.75) is 40.5 Å². The quantitative estimate of drug-likeness (QED) is 0.367. The van der Waals surface area contributed by atoms with Gasteiger partial charge in [0.1, 0.15) is 13.2 Å². The van der Waals surface area contributed by atoms with Gasteiger partial charge in [-0.3, -0.25) is 5.84 Å². The lowest BCUT2D eigenvalue weighted by Crippen LogP contribution is -2.39. The molecule has 0 spiro atoms. The summed E-state index contributed by atoms with van der Waals surface area (Å²) < 4.78 is 10.0. The number of hydrogen-bond acceptors (Lipinski definition) is 6. The van der Waals surface area contributed by atoms with Gasteiger partial charge in [0.25, 0.3) is 0 Å². The third-order valence-corrected chi connectivity index (χ3v) is 3.21. The summed E-state index contributed by atoms with van der Waals surface area (Å²) in [5.74, 6) is 6.81. The first-order chi connectivity index (χ1) is 11.3. The molecule has 0 fully saturated rings. The lowest BCUT2D eigenvalue weighted by atomic mass is 10.1. The van der Waals surface area contributed by atoms with E-state index >= 15 is 0 Å². The second kappa shape index (κ2) is 13.9. The molecule has 8 heteroatoms. The van der Waals surface area contributed by atoms with Crippen LogP contribution in [-0.2, 0) is 9.47 Å². The highest BCUT2D eigenvalue weighted by molar-refractivity contribution is 5.67. The predicted octanol–water partition coefficient (Wildman–Crippen LogP) is 1.71. The standard InChI is InChI=1S/C16H34N4O4/c1-13(2)5-7-18-15(21)23-11-9-20(17)10-12-24-16(22)19-8-6-14(3)4/h13-14H,5-12,17H2,1-4H3,(H,18,21)(H,19,22). The highest BCUT2D eigenvalue weighted by Crippen LogP contribution is 1.97. The van der Waals surface area contributed by atoms with Crippen LogP contribution in [0.2, 0.25) is 0 Å². The van der Waals surface area contributed by atoms with Crippen molar-refractivity contribution in [3.8, 4) is 0 Å². The maximum absolute atomic E-state index is 11.4. The monoisotopic (exact) mass is 346 g/mol. The zero-order chi connectivity index (χ0) is 18.4. The Morgan fingerprint density at radius 1 is 0.875 bits per heavy atom. The first-order valence-electron chi connectivity index (χ1n) is 8.62. The number of ether oxygens (including phenoxy) is 2. The van der Waals surface area contributed by atoms with E-state index < -0.39 is 12.2 Å². The van der Waals surface area contributed by atoms with Gasteiger partial charge < -0.3 is 20.1 Å². The fourth-order valence-corrected chi connectivity index (χ4v) is 1.65. The van der Waals surface area contributed by atoms with Crippen LogP contribution < -0.4 is 16.5 Å². The first-order valence-corrected chi connectivity index (χ1v) is 8.62. The number of hydrogen-bond donors (Lipinski definition) is 3. The zero-order valence-corrected chi connectivity index (χ0v) is 15.5. The Bertz CT molecular complexity index is 319. The number of rotatable bonds is 12. The molecule has 0 heterocycles. The van der Waals surface area contributed by atoms with E-state index in [0.29, 0.717) is 38.0 Å². The second-order valence-electron chi connectivity index (χ2n) is 6.53. The Kier molecular flexibility index (Phi) is 13.0. The largest absolute Gasteiger partial charge is 0.448 e. The van der Waals surface area contributed by atoms with Gasteiger partial charge in [-0.05, 0) is 24.7 Å². The smallest absolute Gasteiger partial charge is 0.407 e. The summed E-state index contributed by atoms with van der Waals surface area (Å²) >= 11 is 0. The molecule has 0 saturated heterocycles. The van der Waals surface area contributed by atoms with Gasteiger partial charge >= 0.3 is 12.2 Å². The minimum atomic E-state index is -0.440. The molecular weight excluding hydrogens is 312 g/mol. The molecule has 0 bridgehead atoms. The Labute approximate surface area is 145 Å². The van der Waals surface area contributed by atoms with Gasteiger partial charge in [-0.25, -0.2) is 14.6 Å². The highest BCUT2D eigenvalue weighted by atomic mass is 16.6. The third kappa shape index (κ3) is 15.4. The van der Waals surface area contributed by atoms with E-state index in [-0.39, 0.29) is 13.2 Å². The Morgan fingerprint density at radius 2 is 1.25 bits per heavy atom. The molecule has 0 rings (SSSR count). The summed E-state index contributed by atoms with van der Waals surface area (Å²) in [6.07, 6.45) is 0.943. The van der Waals surface area contributed by atoms with Crippen molar-refractivity contribution >= 4 is 12.2 Å². The molecule has 0 aromatic carbocycles. The molecule has 0 aliphatic carbocycles. The molecule has 0 radical (unpaired) electrons. The van der Waals surface area contributed by atoms with Crippen molar-refractivity contribution in [2.75, 3.05) is 39.4 Å². The molecule has 0 unspecified atom stereocenters. The van der Waals surface area contributed by atoms with Crippen molar-refractivity contribution < 1.29 is 19.1 Å². The van der Waals surface area contributed by atoms with E-state index in [1.165, 1.54) is 5.01 Å². The van der Waals surface area contributed by atoms with Gasteiger partial charge in [0.2, 0.25) is 0 Å². The number of nitrogens with two attached hydrogens (primary N) is 1. The van der Waals surface area contributed by atoms with Gasteiger partial charge in [-0.1, -0.05) is 27.7 Å². The lowest BCUT2D eigenvalue weighted by molar-refractivity contribution is 0.107. The minimum absolute atomic E-state index is 0.185. The second-order valence-corrected chi connectivity index (χ2v) is 6.53. The molecule has 142 valence electrons. The van der Waals surface area contributed by atoms with E-state index in [9.17, 15) is 9.59 Å². The van der Waals surface area contributed by atoms with Crippen molar-refractivity contribution in [3.05, 3.63) is 0 Å². The van der Waals surface area contributed by atoms with Crippen LogP contribution in [0.4, 0.5) is 9.59 Å². The van der Waals surface area contributed by atoms with Crippen LogP contribution in [0.3, 0.4) is 0 Å². The molecule has 8 nitrogen and oxygen atoms in total. The van der Waals surface area contributed by atoms with Crippen LogP contribution in [0.25, 0.3) is 0 Å². The zero-order valence-electron chi connectivity index (χ0n) is 15.5. The Balaban J connectivity index is 3.53. The molecule has 24 heavy (non-hydrogen) atoms. The van der Waals surface area contributed by atoms with Crippen molar-refractivity contribution in [2.24, 2.45) is 17.7 Å². The minimum Gasteiger partial charge on any atom is -0.448 e. The fraction of sp³-hybridized carbons (Fsp3) is 0.875. The van der Waals surface area contributed by atoms with E-state index in [1.54, 1.807) is 0 Å². The van der Waals surface area contributed by atoms with Gasteiger partial charge in [-0.15, -0.1) is 0 Å². The van der Waals surface area contributed by atoms with Gasteiger partial charge in [0.05, 0.1) is 0 Å². The van der Waals surface area contributed by atoms with E-state index in [2.05, 4.69) is 38.3 Å². The number of nitrogens with one attached hydrogen (secondary N) is 2. The average Bonchev–Trinajstić information content (AvgIpc) is 2.46. The number of hydrazine groups is 1. The molecular formula is C16H34N4O4. The number of nitrogens with zero attached hydrogens (tertiary/aromatic N) is 1. The fourth-order valence-electron chi connectivity index (χ4n) is 1.65. The SMILES string of the molecule is CC(C)CCNC(=O)OCCN(N)CCOC(=O)NCCC(C)C. The molecule has 0 atom stereocenters. The molecule has 0 aliphatic heterocycles. The third-order valence-electron chi connectivity index (χ3n) is 3.21. The molecule has 0 aromatic rings. The molecule has 4 N–H and O–H groups in total. The van der Waals surface area contributed by atoms with E-state index in [1.807, 2.05) is 0 Å². The summed E-state index contributed by atoms with van der Waals surface area (Å²) in [5, 5.41) is 6.80. The summed E-state index contributed by atoms with van der Waals surface area (Å²) in [4.78, 5) is 22.8. The Hall–Kier alpha value is -1.54. The van der Waals surface area contributed by atoms with Gasteiger partial charge in [0.15, 0.2) is 0 Å². The van der Waals surface area contributed by atoms with Crippen LogP contribution in [0.5, 0.6) is 0 Å². The molecule has 0 saturated carbocycles. The van der Waals surface area contributed by atoms with Gasteiger partial charge in [0, 0.05) is 26.2 Å². The van der Waals surface area contributed by atoms with Crippen LogP contribution in [0.1, 0.15) is 40.5 Å². The number of alkyl carbamates (subject to hydrolysis) is 2. The number of amides is 2. The first kappa shape index (κ1) is 22.5. The van der Waals surface area contributed by atoms with Crippen LogP contribution in [-0.4, -0.2) is 56.6 Å². The Morgan fingerprint density at radius 3 is 1.58 bits per heavy atom. The molecule has 2 amide bonds. The van der Waals surface area contributed by atoms with Crippen molar-refractivity contribution in [1.29, 1.82) is 0 Å².